The molecule has 2 rings (SSSR count). The molecule has 1 amide bonds. The van der Waals surface area contributed by atoms with Crippen LogP contribution in [0.4, 0.5) is 5.69 Å². The van der Waals surface area contributed by atoms with Gasteiger partial charge in [0.05, 0.1) is 23.5 Å². The SMILES string of the molecule is O=C(Nc1cnccc1CO)c1nc(Cl)ccc1Cl. The molecule has 7 heteroatoms. The molecule has 0 aliphatic heterocycles. The Bertz CT molecular complexity index is 620. The van der Waals surface area contributed by atoms with Crippen LogP contribution in [0.1, 0.15) is 16.1 Å². The zero-order chi connectivity index (χ0) is 13.8. The highest BCUT2D eigenvalue weighted by atomic mass is 35.5. The maximum absolute atomic E-state index is 12.0. The molecule has 19 heavy (non-hydrogen) atoms. The number of aliphatic hydroxyl groups is 1. The molecule has 0 aliphatic rings. The quantitative estimate of drug-likeness (QED) is 0.854. The Labute approximate surface area is 119 Å². The molecule has 0 aliphatic carbocycles. The second kappa shape index (κ2) is 5.97. The van der Waals surface area contributed by atoms with Crippen molar-refractivity contribution < 1.29 is 9.90 Å². The zero-order valence-electron chi connectivity index (χ0n) is 9.60. The number of amides is 1. The number of halogens is 2. The van der Waals surface area contributed by atoms with Crippen LogP contribution in [0, 0.1) is 0 Å². The van der Waals surface area contributed by atoms with Crippen molar-refractivity contribution in [3.05, 3.63) is 52.0 Å². The third-order valence-corrected chi connectivity index (χ3v) is 2.87. The number of hydrogen-bond acceptors (Lipinski definition) is 4. The van der Waals surface area contributed by atoms with E-state index in [2.05, 4.69) is 15.3 Å². The van der Waals surface area contributed by atoms with Gasteiger partial charge in [-0.3, -0.25) is 9.78 Å². The Morgan fingerprint density at radius 3 is 2.84 bits per heavy atom. The number of aromatic nitrogens is 2. The van der Waals surface area contributed by atoms with E-state index in [1.165, 1.54) is 24.5 Å². The van der Waals surface area contributed by atoms with Gasteiger partial charge in [-0.25, -0.2) is 4.98 Å². The third-order valence-electron chi connectivity index (χ3n) is 2.36. The van der Waals surface area contributed by atoms with Gasteiger partial charge in [0.1, 0.15) is 10.8 Å². The number of pyridine rings is 2. The number of anilines is 1. The predicted octanol–water partition coefficient (Wildman–Crippen LogP) is 2.53. The van der Waals surface area contributed by atoms with Gasteiger partial charge in [-0.05, 0) is 18.2 Å². The Morgan fingerprint density at radius 2 is 2.11 bits per heavy atom. The molecule has 2 aromatic rings. The summed E-state index contributed by atoms with van der Waals surface area (Å²) in [4.78, 5) is 19.8. The van der Waals surface area contributed by atoms with Gasteiger partial charge >= 0.3 is 0 Å². The van der Waals surface area contributed by atoms with E-state index in [-0.39, 0.29) is 22.5 Å². The molecule has 2 heterocycles. The van der Waals surface area contributed by atoms with Gasteiger partial charge in [0, 0.05) is 11.8 Å². The molecule has 2 N–H and O–H groups in total. The zero-order valence-corrected chi connectivity index (χ0v) is 11.1. The summed E-state index contributed by atoms with van der Waals surface area (Å²) in [6.07, 6.45) is 2.95. The minimum Gasteiger partial charge on any atom is -0.392 e. The summed E-state index contributed by atoms with van der Waals surface area (Å²) in [6, 6.07) is 4.58. The van der Waals surface area contributed by atoms with Gasteiger partial charge in [-0.1, -0.05) is 23.2 Å². The summed E-state index contributed by atoms with van der Waals surface area (Å²) in [5.41, 5.74) is 0.955. The second-order valence-corrected chi connectivity index (χ2v) is 4.40. The average molecular weight is 298 g/mol. The van der Waals surface area contributed by atoms with Crippen LogP contribution in [0.25, 0.3) is 0 Å². The van der Waals surface area contributed by atoms with Crippen LogP contribution in [-0.4, -0.2) is 21.0 Å². The van der Waals surface area contributed by atoms with Gasteiger partial charge in [0.25, 0.3) is 5.91 Å². The smallest absolute Gasteiger partial charge is 0.275 e. The number of nitrogens with zero attached hydrogens (tertiary/aromatic N) is 2. The first-order valence-electron chi connectivity index (χ1n) is 5.29. The molecule has 0 unspecified atom stereocenters. The summed E-state index contributed by atoms with van der Waals surface area (Å²) >= 11 is 11.6. The summed E-state index contributed by atoms with van der Waals surface area (Å²) < 4.78 is 0. The topological polar surface area (TPSA) is 75.1 Å². The number of carbonyl (C=O) groups is 1. The van der Waals surface area contributed by atoms with E-state index in [4.69, 9.17) is 28.3 Å². The summed E-state index contributed by atoms with van der Waals surface area (Å²) in [5, 5.41) is 12.1. The van der Waals surface area contributed by atoms with Crippen molar-refractivity contribution in [2.24, 2.45) is 0 Å². The van der Waals surface area contributed by atoms with E-state index in [9.17, 15) is 4.79 Å². The number of nitrogens with one attached hydrogen (secondary N) is 1. The van der Waals surface area contributed by atoms with E-state index in [1.807, 2.05) is 0 Å². The summed E-state index contributed by atoms with van der Waals surface area (Å²) in [7, 11) is 0. The fourth-order valence-corrected chi connectivity index (χ4v) is 1.77. The highest BCUT2D eigenvalue weighted by Gasteiger charge is 2.14. The Hall–Kier alpha value is -1.69. The third kappa shape index (κ3) is 3.20. The molecular weight excluding hydrogens is 289 g/mol. The van der Waals surface area contributed by atoms with E-state index in [0.29, 0.717) is 11.3 Å². The molecular formula is C12H9Cl2N3O2. The number of rotatable bonds is 3. The van der Waals surface area contributed by atoms with Gasteiger partial charge in [-0.2, -0.15) is 0 Å². The molecule has 0 saturated carbocycles. The summed E-state index contributed by atoms with van der Waals surface area (Å²) in [5.74, 6) is -0.518. The molecule has 0 bridgehead atoms. The Balaban J connectivity index is 2.28. The lowest BCUT2D eigenvalue weighted by Gasteiger charge is -2.09. The lowest BCUT2D eigenvalue weighted by molar-refractivity contribution is 0.102. The Kier molecular flexibility index (Phi) is 4.31. The van der Waals surface area contributed by atoms with Gasteiger partial charge in [0.2, 0.25) is 0 Å². The van der Waals surface area contributed by atoms with Gasteiger partial charge in [-0.15, -0.1) is 0 Å². The lowest BCUT2D eigenvalue weighted by Crippen LogP contribution is -2.15. The molecule has 0 radical (unpaired) electrons. The first-order valence-corrected chi connectivity index (χ1v) is 6.04. The van der Waals surface area contributed by atoms with Crippen molar-refractivity contribution in [2.45, 2.75) is 6.61 Å². The largest absolute Gasteiger partial charge is 0.392 e. The van der Waals surface area contributed by atoms with E-state index >= 15 is 0 Å². The van der Waals surface area contributed by atoms with Crippen LogP contribution in [-0.2, 0) is 6.61 Å². The van der Waals surface area contributed by atoms with E-state index in [1.54, 1.807) is 6.07 Å². The minimum absolute atomic E-state index is 0.0157. The molecule has 0 spiro atoms. The van der Waals surface area contributed by atoms with Crippen LogP contribution in [0.3, 0.4) is 0 Å². The van der Waals surface area contributed by atoms with Crippen molar-refractivity contribution in [3.8, 4) is 0 Å². The molecule has 0 saturated heterocycles. The monoisotopic (exact) mass is 297 g/mol. The van der Waals surface area contributed by atoms with Crippen LogP contribution in [0.5, 0.6) is 0 Å². The molecule has 0 aromatic carbocycles. The van der Waals surface area contributed by atoms with Crippen molar-refractivity contribution in [1.82, 2.24) is 9.97 Å². The number of hydrogen-bond donors (Lipinski definition) is 2. The van der Waals surface area contributed by atoms with Crippen molar-refractivity contribution in [3.63, 3.8) is 0 Å². The maximum atomic E-state index is 12.0. The first-order chi connectivity index (χ1) is 9.11. The molecule has 2 aromatic heterocycles. The highest BCUT2D eigenvalue weighted by Crippen LogP contribution is 2.19. The van der Waals surface area contributed by atoms with Crippen molar-refractivity contribution >= 4 is 34.8 Å². The van der Waals surface area contributed by atoms with E-state index < -0.39 is 5.91 Å². The second-order valence-electron chi connectivity index (χ2n) is 3.61. The molecule has 0 atom stereocenters. The van der Waals surface area contributed by atoms with Crippen LogP contribution in [0.15, 0.2) is 30.6 Å². The standard InChI is InChI=1S/C12H9Cl2N3O2/c13-8-1-2-10(14)17-11(8)12(19)16-9-5-15-4-3-7(9)6-18/h1-5,18H,6H2,(H,16,19). The normalized spacial score (nSPS) is 10.3. The van der Waals surface area contributed by atoms with Crippen molar-refractivity contribution in [2.75, 3.05) is 5.32 Å². The number of aliphatic hydroxyl groups excluding tert-OH is 1. The van der Waals surface area contributed by atoms with Crippen LogP contribution in [0.2, 0.25) is 10.2 Å². The summed E-state index contributed by atoms with van der Waals surface area (Å²) in [6.45, 7) is -0.213. The molecule has 98 valence electrons. The van der Waals surface area contributed by atoms with Gasteiger partial charge in [0.15, 0.2) is 0 Å². The number of carbonyl (C=O) groups excluding carboxylic acids is 1. The Morgan fingerprint density at radius 1 is 1.32 bits per heavy atom. The van der Waals surface area contributed by atoms with E-state index in [0.717, 1.165) is 0 Å². The van der Waals surface area contributed by atoms with Crippen LogP contribution >= 0.6 is 23.2 Å². The lowest BCUT2D eigenvalue weighted by atomic mass is 10.2. The average Bonchev–Trinajstić information content (AvgIpc) is 2.42. The minimum atomic E-state index is -0.518. The highest BCUT2D eigenvalue weighted by molar-refractivity contribution is 6.35. The first kappa shape index (κ1) is 13.7. The fraction of sp³-hybridized carbons (Fsp3) is 0.0833. The maximum Gasteiger partial charge on any atom is 0.275 e. The molecule has 5 nitrogen and oxygen atoms in total. The van der Waals surface area contributed by atoms with Gasteiger partial charge < -0.3 is 10.4 Å². The molecule has 0 fully saturated rings. The van der Waals surface area contributed by atoms with Crippen molar-refractivity contribution in [1.29, 1.82) is 0 Å². The van der Waals surface area contributed by atoms with Crippen LogP contribution < -0.4 is 5.32 Å². The fourth-order valence-electron chi connectivity index (χ4n) is 1.43. The predicted molar refractivity (Wildman–Crippen MR) is 72.4 cm³/mol.